The molecule has 4 rings (SSSR count). The molecule has 1 aliphatic carbocycles. The number of aryl methyl sites for hydroxylation is 1. The minimum Gasteiger partial charge on any atom is -0.457 e. The molecule has 1 fully saturated rings. The Morgan fingerprint density at radius 2 is 1.71 bits per heavy atom. The van der Waals surface area contributed by atoms with Crippen molar-refractivity contribution in [1.82, 2.24) is 0 Å². The minimum absolute atomic E-state index is 0.0835. The van der Waals surface area contributed by atoms with E-state index in [9.17, 15) is 22.7 Å². The van der Waals surface area contributed by atoms with Gasteiger partial charge < -0.3 is 14.7 Å². The summed E-state index contributed by atoms with van der Waals surface area (Å²) in [4.78, 5) is 1.71. The molecular formula is C27H27F4NO2. The predicted molar refractivity (Wildman–Crippen MR) is 124 cm³/mol. The molecule has 0 aromatic heterocycles. The summed E-state index contributed by atoms with van der Waals surface area (Å²) in [5.41, 5.74) is 0.766. The van der Waals surface area contributed by atoms with Crippen LogP contribution in [0.1, 0.15) is 36.5 Å². The normalized spacial score (nSPS) is 14.6. The molecule has 34 heavy (non-hydrogen) atoms. The molecule has 1 N–H and O–H groups in total. The number of halogens is 4. The van der Waals surface area contributed by atoms with Crippen LogP contribution in [0.15, 0.2) is 66.7 Å². The van der Waals surface area contributed by atoms with E-state index in [0.29, 0.717) is 17.2 Å². The Hall–Kier alpha value is -3.06. The Balaban J connectivity index is 1.62. The number of aliphatic hydroxyl groups is 1. The number of anilines is 1. The van der Waals surface area contributed by atoms with E-state index < -0.39 is 23.7 Å². The fraction of sp³-hybridized carbons (Fsp3) is 0.333. The van der Waals surface area contributed by atoms with Gasteiger partial charge in [0, 0.05) is 30.4 Å². The Kier molecular flexibility index (Phi) is 7.12. The number of aliphatic hydroxyl groups excluding tert-OH is 1. The second-order valence-electron chi connectivity index (χ2n) is 8.69. The second-order valence-corrected chi connectivity index (χ2v) is 8.69. The first-order chi connectivity index (χ1) is 16.2. The number of hydrogen-bond acceptors (Lipinski definition) is 3. The van der Waals surface area contributed by atoms with Gasteiger partial charge in [-0.1, -0.05) is 25.1 Å². The summed E-state index contributed by atoms with van der Waals surface area (Å²) in [5.74, 6) is 0.652. The van der Waals surface area contributed by atoms with Gasteiger partial charge in [0.05, 0.1) is 11.7 Å². The number of ether oxygens (including phenoxy) is 1. The summed E-state index contributed by atoms with van der Waals surface area (Å²) in [6.07, 6.45) is -2.54. The van der Waals surface area contributed by atoms with Crippen molar-refractivity contribution in [3.8, 4) is 11.5 Å². The Morgan fingerprint density at radius 1 is 1.00 bits per heavy atom. The molecule has 0 bridgehead atoms. The highest BCUT2D eigenvalue weighted by molar-refractivity contribution is 5.52. The van der Waals surface area contributed by atoms with E-state index in [2.05, 4.69) is 6.92 Å². The highest BCUT2D eigenvalue weighted by Crippen LogP contribution is 2.35. The highest BCUT2D eigenvalue weighted by atomic mass is 19.4. The first-order valence-electron chi connectivity index (χ1n) is 11.4. The highest BCUT2D eigenvalue weighted by Gasteiger charge is 2.33. The predicted octanol–water partition coefficient (Wildman–Crippen LogP) is 6.98. The van der Waals surface area contributed by atoms with E-state index in [0.717, 1.165) is 43.0 Å². The van der Waals surface area contributed by atoms with Gasteiger partial charge in [0.25, 0.3) is 0 Å². The number of hydrogen-bond donors (Lipinski definition) is 1. The van der Waals surface area contributed by atoms with Crippen LogP contribution < -0.4 is 9.64 Å². The molecule has 0 saturated heterocycles. The maximum absolute atomic E-state index is 14.5. The Morgan fingerprint density at radius 3 is 2.38 bits per heavy atom. The lowest BCUT2D eigenvalue weighted by molar-refractivity contribution is -0.137. The summed E-state index contributed by atoms with van der Waals surface area (Å²) in [7, 11) is 0. The van der Waals surface area contributed by atoms with E-state index in [4.69, 9.17) is 4.74 Å². The molecule has 1 saturated carbocycles. The second kappa shape index (κ2) is 10.1. The summed E-state index contributed by atoms with van der Waals surface area (Å²) in [6, 6.07) is 17.2. The van der Waals surface area contributed by atoms with Gasteiger partial charge in [0.1, 0.15) is 17.3 Å². The lowest BCUT2D eigenvalue weighted by Gasteiger charge is -2.28. The van der Waals surface area contributed by atoms with Crippen LogP contribution in [0.2, 0.25) is 0 Å². The fourth-order valence-corrected chi connectivity index (χ4v) is 3.90. The van der Waals surface area contributed by atoms with Crippen molar-refractivity contribution in [2.45, 2.75) is 45.0 Å². The maximum Gasteiger partial charge on any atom is 0.416 e. The van der Waals surface area contributed by atoms with Gasteiger partial charge in [-0.05, 0) is 73.2 Å². The standard InChI is InChI=1S/C27H27F4NO2/c1-2-18-5-3-7-23(13-18)34-24-8-4-6-22(15-24)32(17-26(33)19-9-10-19)16-20-14-21(27(29,30)31)11-12-25(20)28/h3-8,11-15,19,26,33H,2,9-10,16-17H2,1H3. The SMILES string of the molecule is CCc1cccc(Oc2cccc(N(Cc3cc(C(F)(F)F)ccc3F)CC(O)C3CC3)c2)c1. The molecule has 3 aromatic carbocycles. The zero-order chi connectivity index (χ0) is 24.3. The van der Waals surface area contributed by atoms with Crippen LogP contribution in [-0.4, -0.2) is 17.8 Å². The van der Waals surface area contributed by atoms with Crippen LogP contribution in [0.3, 0.4) is 0 Å². The van der Waals surface area contributed by atoms with Crippen molar-refractivity contribution in [1.29, 1.82) is 0 Å². The Labute approximate surface area is 196 Å². The van der Waals surface area contributed by atoms with Crippen molar-refractivity contribution in [2.24, 2.45) is 5.92 Å². The molecule has 0 heterocycles. The quantitative estimate of drug-likeness (QED) is 0.341. The first-order valence-corrected chi connectivity index (χ1v) is 11.4. The van der Waals surface area contributed by atoms with Crippen molar-refractivity contribution in [3.05, 3.63) is 89.2 Å². The summed E-state index contributed by atoms with van der Waals surface area (Å²) in [5, 5.41) is 10.6. The maximum atomic E-state index is 14.5. The fourth-order valence-electron chi connectivity index (χ4n) is 3.90. The smallest absolute Gasteiger partial charge is 0.416 e. The summed E-state index contributed by atoms with van der Waals surface area (Å²) < 4.78 is 60.1. The molecular weight excluding hydrogens is 446 g/mol. The molecule has 180 valence electrons. The molecule has 0 radical (unpaired) electrons. The zero-order valence-corrected chi connectivity index (χ0v) is 18.9. The number of benzene rings is 3. The minimum atomic E-state index is -4.57. The van der Waals surface area contributed by atoms with Crippen LogP contribution >= 0.6 is 0 Å². The van der Waals surface area contributed by atoms with Crippen LogP contribution in [0.5, 0.6) is 11.5 Å². The van der Waals surface area contributed by atoms with Gasteiger partial charge in [-0.3, -0.25) is 0 Å². The Bertz CT molecular complexity index is 1130. The molecule has 3 aromatic rings. The number of rotatable bonds is 9. The molecule has 0 amide bonds. The van der Waals surface area contributed by atoms with E-state index in [1.165, 1.54) is 0 Å². The number of alkyl halides is 3. The molecule has 1 unspecified atom stereocenters. The van der Waals surface area contributed by atoms with Crippen molar-refractivity contribution < 1.29 is 27.4 Å². The first kappa shape index (κ1) is 24.1. The monoisotopic (exact) mass is 473 g/mol. The third-order valence-corrected chi connectivity index (χ3v) is 6.03. The van der Waals surface area contributed by atoms with Crippen molar-refractivity contribution >= 4 is 5.69 Å². The van der Waals surface area contributed by atoms with Crippen LogP contribution in [0.25, 0.3) is 0 Å². The molecule has 0 aliphatic heterocycles. The van der Waals surface area contributed by atoms with Crippen molar-refractivity contribution in [3.63, 3.8) is 0 Å². The van der Waals surface area contributed by atoms with Crippen molar-refractivity contribution in [2.75, 3.05) is 11.4 Å². The average molecular weight is 474 g/mol. The third-order valence-electron chi connectivity index (χ3n) is 6.03. The van der Waals surface area contributed by atoms with E-state index in [-0.39, 0.29) is 24.6 Å². The third kappa shape index (κ3) is 6.08. The van der Waals surface area contributed by atoms with E-state index in [1.807, 2.05) is 24.3 Å². The molecule has 0 spiro atoms. The van der Waals surface area contributed by atoms with Crippen LogP contribution in [0, 0.1) is 11.7 Å². The van der Waals surface area contributed by atoms with Gasteiger partial charge >= 0.3 is 6.18 Å². The number of nitrogens with zero attached hydrogens (tertiary/aromatic N) is 1. The molecule has 1 atom stereocenters. The van der Waals surface area contributed by atoms with Gasteiger partial charge in [0.2, 0.25) is 0 Å². The largest absolute Gasteiger partial charge is 0.457 e. The van der Waals surface area contributed by atoms with Gasteiger partial charge in [0.15, 0.2) is 0 Å². The van der Waals surface area contributed by atoms with E-state index >= 15 is 0 Å². The lowest BCUT2D eigenvalue weighted by atomic mass is 10.1. The van der Waals surface area contributed by atoms with Crippen LogP contribution in [-0.2, 0) is 19.1 Å². The topological polar surface area (TPSA) is 32.7 Å². The van der Waals surface area contributed by atoms with Gasteiger partial charge in [-0.15, -0.1) is 0 Å². The molecule has 7 heteroatoms. The van der Waals surface area contributed by atoms with E-state index in [1.54, 1.807) is 29.2 Å². The molecule has 1 aliphatic rings. The molecule has 3 nitrogen and oxygen atoms in total. The van der Waals surface area contributed by atoms with Crippen LogP contribution in [0.4, 0.5) is 23.2 Å². The van der Waals surface area contributed by atoms with Gasteiger partial charge in [-0.2, -0.15) is 13.2 Å². The average Bonchev–Trinajstić information content (AvgIpc) is 3.65. The lowest BCUT2D eigenvalue weighted by Crippen LogP contribution is -2.33. The van der Waals surface area contributed by atoms with Gasteiger partial charge in [-0.25, -0.2) is 4.39 Å². The summed E-state index contributed by atoms with van der Waals surface area (Å²) >= 11 is 0. The summed E-state index contributed by atoms with van der Waals surface area (Å²) in [6.45, 7) is 2.11. The zero-order valence-electron chi connectivity index (χ0n) is 18.9.